The van der Waals surface area contributed by atoms with Crippen molar-refractivity contribution in [1.29, 1.82) is 0 Å². The van der Waals surface area contributed by atoms with Crippen molar-refractivity contribution in [3.05, 3.63) is 0 Å². The third-order valence-electron chi connectivity index (χ3n) is 2.63. The SMILES string of the molecule is B[C@@H]1C[C@H](COCC)C(O)[C@@H]1O. The Balaban J connectivity index is 2.36. The highest BCUT2D eigenvalue weighted by atomic mass is 16.5. The van der Waals surface area contributed by atoms with Gasteiger partial charge in [0, 0.05) is 12.5 Å². The van der Waals surface area contributed by atoms with E-state index < -0.39 is 12.2 Å². The molecular weight excluding hydrogens is 155 g/mol. The minimum Gasteiger partial charge on any atom is -0.391 e. The molecule has 70 valence electrons. The van der Waals surface area contributed by atoms with E-state index in [1.165, 1.54) is 0 Å². The van der Waals surface area contributed by atoms with Crippen LogP contribution in [0.4, 0.5) is 0 Å². The summed E-state index contributed by atoms with van der Waals surface area (Å²) in [6.45, 7) is 3.17. The van der Waals surface area contributed by atoms with E-state index in [2.05, 4.69) is 0 Å². The Kier molecular flexibility index (Phi) is 3.56. The maximum absolute atomic E-state index is 9.52. The molecule has 2 N–H and O–H groups in total. The first-order valence-corrected chi connectivity index (χ1v) is 4.60. The van der Waals surface area contributed by atoms with Gasteiger partial charge in [-0.15, -0.1) is 0 Å². The highest BCUT2D eigenvalue weighted by Gasteiger charge is 2.38. The van der Waals surface area contributed by atoms with Crippen LogP contribution in [0.5, 0.6) is 0 Å². The van der Waals surface area contributed by atoms with Gasteiger partial charge in [0.2, 0.25) is 0 Å². The lowest BCUT2D eigenvalue weighted by atomic mass is 9.84. The Labute approximate surface area is 74.1 Å². The van der Waals surface area contributed by atoms with Crippen molar-refractivity contribution >= 4 is 7.85 Å². The first-order valence-electron chi connectivity index (χ1n) is 4.60. The Morgan fingerprint density at radius 2 is 2.08 bits per heavy atom. The molecule has 0 bridgehead atoms. The summed E-state index contributed by atoms with van der Waals surface area (Å²) in [4.78, 5) is 0. The lowest BCUT2D eigenvalue weighted by molar-refractivity contribution is -0.00612. The zero-order chi connectivity index (χ0) is 9.14. The molecule has 0 aromatic rings. The highest BCUT2D eigenvalue weighted by Crippen LogP contribution is 2.33. The fraction of sp³-hybridized carbons (Fsp3) is 1.00. The molecule has 0 aromatic heterocycles. The average molecular weight is 172 g/mol. The van der Waals surface area contributed by atoms with Gasteiger partial charge in [-0.25, -0.2) is 0 Å². The summed E-state index contributed by atoms with van der Waals surface area (Å²) in [5, 5.41) is 19.0. The molecule has 12 heavy (non-hydrogen) atoms. The van der Waals surface area contributed by atoms with Crippen LogP contribution in [0.25, 0.3) is 0 Å². The largest absolute Gasteiger partial charge is 0.391 e. The second-order valence-electron chi connectivity index (χ2n) is 3.61. The maximum Gasteiger partial charge on any atom is 0.108 e. The van der Waals surface area contributed by atoms with Gasteiger partial charge < -0.3 is 14.9 Å². The molecule has 0 radical (unpaired) electrons. The fourth-order valence-corrected chi connectivity index (χ4v) is 1.81. The molecule has 0 amide bonds. The van der Waals surface area contributed by atoms with Crippen LogP contribution < -0.4 is 0 Å². The fourth-order valence-electron chi connectivity index (χ4n) is 1.81. The van der Waals surface area contributed by atoms with Gasteiger partial charge in [-0.1, -0.05) is 0 Å². The van der Waals surface area contributed by atoms with Crippen LogP contribution in [0, 0.1) is 5.92 Å². The molecule has 4 atom stereocenters. The Morgan fingerprint density at radius 3 is 2.50 bits per heavy atom. The van der Waals surface area contributed by atoms with Gasteiger partial charge in [-0.2, -0.15) is 0 Å². The molecule has 0 spiro atoms. The van der Waals surface area contributed by atoms with Crippen LogP contribution in [0.1, 0.15) is 13.3 Å². The molecule has 1 fully saturated rings. The molecule has 0 heterocycles. The molecule has 4 heteroatoms. The summed E-state index contributed by atoms with van der Waals surface area (Å²) in [6, 6.07) is 0. The van der Waals surface area contributed by atoms with Gasteiger partial charge in [-0.05, 0) is 19.2 Å². The summed E-state index contributed by atoms with van der Waals surface area (Å²) < 4.78 is 5.21. The van der Waals surface area contributed by atoms with E-state index in [0.717, 1.165) is 6.42 Å². The van der Waals surface area contributed by atoms with Crippen LogP contribution in [0.15, 0.2) is 0 Å². The number of ether oxygens (including phenoxy) is 1. The van der Waals surface area contributed by atoms with E-state index in [1.807, 2.05) is 14.8 Å². The topological polar surface area (TPSA) is 49.7 Å². The van der Waals surface area contributed by atoms with Crippen LogP contribution in [-0.4, -0.2) is 43.5 Å². The van der Waals surface area contributed by atoms with Crippen LogP contribution in [-0.2, 0) is 4.74 Å². The lowest BCUT2D eigenvalue weighted by Gasteiger charge is -2.15. The Morgan fingerprint density at radius 1 is 1.42 bits per heavy atom. The quantitative estimate of drug-likeness (QED) is 0.547. The predicted octanol–water partition coefficient (Wildman–Crippen LogP) is -0.814. The van der Waals surface area contributed by atoms with Crippen molar-refractivity contribution in [3.8, 4) is 0 Å². The summed E-state index contributed by atoms with van der Waals surface area (Å²) >= 11 is 0. The smallest absolute Gasteiger partial charge is 0.108 e. The van der Waals surface area contributed by atoms with Crippen LogP contribution >= 0.6 is 0 Å². The van der Waals surface area contributed by atoms with E-state index in [4.69, 9.17) is 4.74 Å². The van der Waals surface area contributed by atoms with E-state index in [1.54, 1.807) is 0 Å². The van der Waals surface area contributed by atoms with E-state index in [-0.39, 0.29) is 11.7 Å². The van der Waals surface area contributed by atoms with Crippen molar-refractivity contribution < 1.29 is 14.9 Å². The zero-order valence-corrected chi connectivity index (χ0v) is 7.73. The first kappa shape index (κ1) is 10.0. The molecule has 3 nitrogen and oxygen atoms in total. The molecule has 1 aliphatic carbocycles. The maximum atomic E-state index is 9.52. The van der Waals surface area contributed by atoms with Crippen molar-refractivity contribution in [3.63, 3.8) is 0 Å². The molecule has 1 rings (SSSR count). The zero-order valence-electron chi connectivity index (χ0n) is 7.73. The van der Waals surface area contributed by atoms with Gasteiger partial charge in [0.1, 0.15) is 7.85 Å². The Hall–Kier alpha value is -0.0551. The Bertz CT molecular complexity index is 142. The van der Waals surface area contributed by atoms with Gasteiger partial charge in [0.05, 0.1) is 18.8 Å². The van der Waals surface area contributed by atoms with Crippen molar-refractivity contribution in [2.45, 2.75) is 31.4 Å². The van der Waals surface area contributed by atoms with E-state index >= 15 is 0 Å². The number of aliphatic hydroxyl groups is 2. The van der Waals surface area contributed by atoms with Gasteiger partial charge in [0.15, 0.2) is 0 Å². The monoisotopic (exact) mass is 172 g/mol. The number of hydrogen-bond acceptors (Lipinski definition) is 3. The van der Waals surface area contributed by atoms with E-state index in [0.29, 0.717) is 13.2 Å². The van der Waals surface area contributed by atoms with E-state index in [9.17, 15) is 10.2 Å². The van der Waals surface area contributed by atoms with Crippen molar-refractivity contribution in [2.75, 3.05) is 13.2 Å². The van der Waals surface area contributed by atoms with Crippen LogP contribution in [0.3, 0.4) is 0 Å². The minimum absolute atomic E-state index is 0.120. The second kappa shape index (κ2) is 4.26. The summed E-state index contributed by atoms with van der Waals surface area (Å²) in [5.41, 5.74) is 0. The number of aliphatic hydroxyl groups excluding tert-OH is 2. The number of hydrogen-bond donors (Lipinski definition) is 2. The summed E-state index contributed by atoms with van der Waals surface area (Å²) in [7, 11) is 1.96. The second-order valence-corrected chi connectivity index (χ2v) is 3.61. The normalized spacial score (nSPS) is 41.9. The summed E-state index contributed by atoms with van der Waals surface area (Å²) in [6.07, 6.45) is -0.287. The molecule has 0 aromatic carbocycles. The molecule has 1 saturated carbocycles. The minimum atomic E-state index is -0.591. The predicted molar refractivity (Wildman–Crippen MR) is 48.9 cm³/mol. The molecular formula is C8H17BO3. The number of rotatable bonds is 3. The third kappa shape index (κ3) is 2.00. The highest BCUT2D eigenvalue weighted by molar-refractivity contribution is 6.12. The molecule has 1 unspecified atom stereocenters. The first-order chi connectivity index (χ1) is 5.66. The molecule has 0 aliphatic heterocycles. The third-order valence-corrected chi connectivity index (χ3v) is 2.63. The van der Waals surface area contributed by atoms with Crippen molar-refractivity contribution in [2.24, 2.45) is 5.92 Å². The average Bonchev–Trinajstić information content (AvgIpc) is 2.30. The standard InChI is InChI=1S/C8H17BO3/c1-2-12-4-5-3-6(9)8(11)7(5)10/h5-8,10-11H,2-4,9H2,1H3/t5-,6-,7?,8-/m1/s1. The molecule has 1 aliphatic rings. The van der Waals surface area contributed by atoms with Gasteiger partial charge in [-0.3, -0.25) is 0 Å². The van der Waals surface area contributed by atoms with Crippen LogP contribution in [0.2, 0.25) is 5.82 Å². The van der Waals surface area contributed by atoms with Gasteiger partial charge >= 0.3 is 0 Å². The lowest BCUT2D eigenvalue weighted by Crippen LogP contribution is -2.28. The summed E-state index contributed by atoms with van der Waals surface area (Å²) in [5.74, 6) is 0.320. The molecule has 0 saturated heterocycles. The van der Waals surface area contributed by atoms with Gasteiger partial charge in [0.25, 0.3) is 0 Å². The van der Waals surface area contributed by atoms with Crippen molar-refractivity contribution in [1.82, 2.24) is 0 Å².